The minimum Gasteiger partial charge on any atom is -0.479 e. The van der Waals surface area contributed by atoms with Crippen molar-refractivity contribution in [2.24, 2.45) is 0 Å². The van der Waals surface area contributed by atoms with Gasteiger partial charge in [-0.15, -0.1) is 0 Å². The molecule has 0 aromatic heterocycles. The highest BCUT2D eigenvalue weighted by molar-refractivity contribution is 5.74. The lowest BCUT2D eigenvalue weighted by molar-refractivity contribution is -0.147. The zero-order chi connectivity index (χ0) is 12.7. The van der Waals surface area contributed by atoms with E-state index in [4.69, 9.17) is 4.74 Å². The number of hydrogen-bond acceptors (Lipinski definition) is 3. The number of unbranched alkanes of at least 4 members (excludes halogenated alkanes) is 1. The molecule has 1 aromatic carbocycles. The van der Waals surface area contributed by atoms with E-state index >= 15 is 0 Å². The van der Waals surface area contributed by atoms with Gasteiger partial charge >= 0.3 is 5.97 Å². The summed E-state index contributed by atoms with van der Waals surface area (Å²) in [6, 6.07) is 7.86. The molecule has 0 amide bonds. The Morgan fingerprint density at radius 3 is 2.47 bits per heavy atom. The lowest BCUT2D eigenvalue weighted by atomic mass is 10.1. The number of esters is 1. The minimum absolute atomic E-state index is 0.361. The van der Waals surface area contributed by atoms with Crippen LogP contribution in [0.4, 0.5) is 0 Å². The molecule has 0 N–H and O–H groups in total. The van der Waals surface area contributed by atoms with E-state index in [0.29, 0.717) is 5.75 Å². The zero-order valence-corrected chi connectivity index (χ0v) is 10.7. The number of methoxy groups -OCH3 is 1. The Kier molecular flexibility index (Phi) is 5.53. The van der Waals surface area contributed by atoms with Crippen LogP contribution < -0.4 is 4.74 Å². The summed E-state index contributed by atoms with van der Waals surface area (Å²) in [7, 11) is 1.36. The summed E-state index contributed by atoms with van der Waals surface area (Å²) in [6.45, 7) is 3.85. The average Bonchev–Trinajstić information content (AvgIpc) is 2.37. The summed E-state index contributed by atoms with van der Waals surface area (Å²) in [5, 5.41) is 0. The van der Waals surface area contributed by atoms with Crippen LogP contribution in [-0.4, -0.2) is 19.2 Å². The second-order valence-corrected chi connectivity index (χ2v) is 4.03. The van der Waals surface area contributed by atoms with Gasteiger partial charge in [0.2, 0.25) is 0 Å². The Bertz CT molecular complexity index is 343. The van der Waals surface area contributed by atoms with E-state index in [-0.39, 0.29) is 5.97 Å². The van der Waals surface area contributed by atoms with E-state index in [2.05, 4.69) is 11.7 Å². The SMILES string of the molecule is CCCCc1ccc(O[C@H](C)C(=O)OC)cc1. The number of benzene rings is 1. The number of carbonyl (C=O) groups is 1. The third-order valence-electron chi connectivity index (χ3n) is 2.59. The first-order valence-electron chi connectivity index (χ1n) is 6.00. The molecule has 3 heteroatoms. The summed E-state index contributed by atoms with van der Waals surface area (Å²) in [5.74, 6) is 0.336. The average molecular weight is 236 g/mol. The Labute approximate surface area is 103 Å². The fraction of sp³-hybridized carbons (Fsp3) is 0.500. The molecule has 0 aliphatic heterocycles. The van der Waals surface area contributed by atoms with Gasteiger partial charge in [0, 0.05) is 0 Å². The van der Waals surface area contributed by atoms with Crippen LogP contribution in [0.25, 0.3) is 0 Å². The molecule has 0 aliphatic carbocycles. The van der Waals surface area contributed by atoms with Gasteiger partial charge in [-0.05, 0) is 37.5 Å². The Morgan fingerprint density at radius 1 is 1.29 bits per heavy atom. The van der Waals surface area contributed by atoms with Crippen LogP contribution in [-0.2, 0) is 16.0 Å². The van der Waals surface area contributed by atoms with Crippen LogP contribution in [0.5, 0.6) is 5.75 Å². The van der Waals surface area contributed by atoms with Gasteiger partial charge < -0.3 is 9.47 Å². The van der Waals surface area contributed by atoms with Crippen LogP contribution in [0.15, 0.2) is 24.3 Å². The first kappa shape index (κ1) is 13.6. The van der Waals surface area contributed by atoms with Gasteiger partial charge in [-0.2, -0.15) is 0 Å². The Balaban J connectivity index is 2.53. The smallest absolute Gasteiger partial charge is 0.346 e. The maximum atomic E-state index is 11.2. The van der Waals surface area contributed by atoms with Crippen LogP contribution in [0.1, 0.15) is 32.3 Å². The summed E-state index contributed by atoms with van der Waals surface area (Å²) in [6.07, 6.45) is 2.90. The summed E-state index contributed by atoms with van der Waals surface area (Å²) in [5.41, 5.74) is 1.30. The first-order valence-corrected chi connectivity index (χ1v) is 6.00. The topological polar surface area (TPSA) is 35.5 Å². The molecular weight excluding hydrogens is 216 g/mol. The van der Waals surface area contributed by atoms with Gasteiger partial charge in [-0.1, -0.05) is 25.5 Å². The largest absolute Gasteiger partial charge is 0.479 e. The zero-order valence-electron chi connectivity index (χ0n) is 10.7. The van der Waals surface area contributed by atoms with E-state index in [1.165, 1.54) is 25.5 Å². The number of hydrogen-bond donors (Lipinski definition) is 0. The van der Waals surface area contributed by atoms with Crippen molar-refractivity contribution in [2.75, 3.05) is 7.11 Å². The molecule has 0 bridgehead atoms. The molecule has 3 nitrogen and oxygen atoms in total. The fourth-order valence-corrected chi connectivity index (χ4v) is 1.53. The lowest BCUT2D eigenvalue weighted by Crippen LogP contribution is -2.24. The van der Waals surface area contributed by atoms with Crippen molar-refractivity contribution in [1.82, 2.24) is 0 Å². The number of ether oxygens (including phenoxy) is 2. The summed E-state index contributed by atoms with van der Waals surface area (Å²) >= 11 is 0. The molecule has 0 aliphatic rings. The van der Waals surface area contributed by atoms with Gasteiger partial charge in [0.05, 0.1) is 7.11 Å². The van der Waals surface area contributed by atoms with Gasteiger partial charge in [0.15, 0.2) is 6.10 Å². The van der Waals surface area contributed by atoms with E-state index in [9.17, 15) is 4.79 Å². The van der Waals surface area contributed by atoms with E-state index in [0.717, 1.165) is 6.42 Å². The highest BCUT2D eigenvalue weighted by Crippen LogP contribution is 2.15. The quantitative estimate of drug-likeness (QED) is 0.712. The van der Waals surface area contributed by atoms with E-state index in [1.54, 1.807) is 6.92 Å². The maximum absolute atomic E-state index is 11.2. The fourth-order valence-electron chi connectivity index (χ4n) is 1.53. The third-order valence-corrected chi connectivity index (χ3v) is 2.59. The molecular formula is C14H20O3. The predicted octanol–water partition coefficient (Wildman–Crippen LogP) is 2.97. The number of rotatable bonds is 6. The molecule has 0 fully saturated rings. The van der Waals surface area contributed by atoms with Crippen molar-refractivity contribution in [2.45, 2.75) is 39.2 Å². The van der Waals surface area contributed by atoms with Crippen LogP contribution in [0.3, 0.4) is 0 Å². The molecule has 0 heterocycles. The highest BCUT2D eigenvalue weighted by atomic mass is 16.6. The normalized spacial score (nSPS) is 11.9. The second kappa shape index (κ2) is 6.94. The van der Waals surface area contributed by atoms with E-state index in [1.807, 2.05) is 24.3 Å². The van der Waals surface area contributed by atoms with Crippen LogP contribution in [0, 0.1) is 0 Å². The highest BCUT2D eigenvalue weighted by Gasteiger charge is 2.14. The minimum atomic E-state index is -0.568. The number of aryl methyl sites for hydroxylation is 1. The maximum Gasteiger partial charge on any atom is 0.346 e. The Morgan fingerprint density at radius 2 is 1.94 bits per heavy atom. The van der Waals surface area contributed by atoms with Crippen molar-refractivity contribution in [1.29, 1.82) is 0 Å². The van der Waals surface area contributed by atoms with Gasteiger partial charge in [0.1, 0.15) is 5.75 Å². The molecule has 0 saturated carbocycles. The summed E-state index contributed by atoms with van der Waals surface area (Å²) in [4.78, 5) is 11.2. The van der Waals surface area contributed by atoms with Crippen molar-refractivity contribution in [3.63, 3.8) is 0 Å². The van der Waals surface area contributed by atoms with Crippen molar-refractivity contribution in [3.05, 3.63) is 29.8 Å². The summed E-state index contributed by atoms with van der Waals surface area (Å²) < 4.78 is 10.0. The lowest BCUT2D eigenvalue weighted by Gasteiger charge is -2.12. The monoisotopic (exact) mass is 236 g/mol. The van der Waals surface area contributed by atoms with Crippen LogP contribution >= 0.6 is 0 Å². The van der Waals surface area contributed by atoms with E-state index < -0.39 is 6.10 Å². The van der Waals surface area contributed by atoms with Crippen molar-refractivity contribution in [3.8, 4) is 5.75 Å². The number of carbonyl (C=O) groups excluding carboxylic acids is 1. The molecule has 17 heavy (non-hydrogen) atoms. The first-order chi connectivity index (χ1) is 8.17. The standard InChI is InChI=1S/C14H20O3/c1-4-5-6-12-7-9-13(10-8-12)17-11(2)14(15)16-3/h7-11H,4-6H2,1-3H3/t11-/m1/s1. The predicted molar refractivity (Wildman–Crippen MR) is 67.2 cm³/mol. The van der Waals surface area contributed by atoms with Crippen LogP contribution in [0.2, 0.25) is 0 Å². The molecule has 1 aromatic rings. The molecule has 94 valence electrons. The van der Waals surface area contributed by atoms with Gasteiger partial charge in [-0.3, -0.25) is 0 Å². The van der Waals surface area contributed by atoms with Crippen molar-refractivity contribution >= 4 is 5.97 Å². The molecule has 0 radical (unpaired) electrons. The van der Waals surface area contributed by atoms with Gasteiger partial charge in [-0.25, -0.2) is 4.79 Å². The van der Waals surface area contributed by atoms with Crippen molar-refractivity contribution < 1.29 is 14.3 Å². The third kappa shape index (κ3) is 4.47. The molecule has 1 rings (SSSR count). The molecule has 0 unspecified atom stereocenters. The molecule has 0 saturated heterocycles. The molecule has 1 atom stereocenters. The Hall–Kier alpha value is -1.51. The second-order valence-electron chi connectivity index (χ2n) is 4.03. The molecule has 0 spiro atoms. The van der Waals surface area contributed by atoms with Gasteiger partial charge in [0.25, 0.3) is 0 Å².